The fourth-order valence-corrected chi connectivity index (χ4v) is 2.03. The molecule has 1 aliphatic heterocycles. The summed E-state index contributed by atoms with van der Waals surface area (Å²) >= 11 is 0. The first kappa shape index (κ1) is 10.7. The standard InChI is InChI=1S/C13H14N2O/c14-8-3-6-13(16)15-9-7-11-4-1-2-5-12(11)10-15/h1-2,4-5H,3,6-7,9-10H2. The fraction of sp³-hybridized carbons (Fsp3) is 0.385. The summed E-state index contributed by atoms with van der Waals surface area (Å²) in [5.41, 5.74) is 2.57. The van der Waals surface area contributed by atoms with Gasteiger partial charge >= 0.3 is 0 Å². The molecule has 2 rings (SSSR count). The summed E-state index contributed by atoms with van der Waals surface area (Å²) in [7, 11) is 0. The van der Waals surface area contributed by atoms with Gasteiger partial charge in [0.25, 0.3) is 0 Å². The van der Waals surface area contributed by atoms with Crippen molar-refractivity contribution in [2.75, 3.05) is 6.54 Å². The number of carbonyl (C=O) groups is 1. The average molecular weight is 214 g/mol. The van der Waals surface area contributed by atoms with Crippen molar-refractivity contribution in [2.45, 2.75) is 25.8 Å². The van der Waals surface area contributed by atoms with Crippen LogP contribution >= 0.6 is 0 Å². The molecule has 3 nitrogen and oxygen atoms in total. The Hall–Kier alpha value is -1.82. The molecule has 0 radical (unpaired) electrons. The molecule has 16 heavy (non-hydrogen) atoms. The zero-order valence-corrected chi connectivity index (χ0v) is 9.15. The first-order valence-electron chi connectivity index (χ1n) is 5.53. The summed E-state index contributed by atoms with van der Waals surface area (Å²) < 4.78 is 0. The van der Waals surface area contributed by atoms with Gasteiger partial charge in [-0.3, -0.25) is 4.79 Å². The average Bonchev–Trinajstić information content (AvgIpc) is 2.35. The molecule has 0 N–H and O–H groups in total. The smallest absolute Gasteiger partial charge is 0.223 e. The lowest BCUT2D eigenvalue weighted by molar-refractivity contribution is -0.132. The molecule has 0 saturated carbocycles. The molecule has 0 spiro atoms. The van der Waals surface area contributed by atoms with E-state index in [1.807, 2.05) is 23.1 Å². The number of rotatable bonds is 2. The first-order valence-corrected chi connectivity index (χ1v) is 5.53. The lowest BCUT2D eigenvalue weighted by Crippen LogP contribution is -2.35. The summed E-state index contributed by atoms with van der Waals surface area (Å²) in [6.07, 6.45) is 1.59. The lowest BCUT2D eigenvalue weighted by atomic mass is 10.00. The third-order valence-electron chi connectivity index (χ3n) is 2.93. The quantitative estimate of drug-likeness (QED) is 0.754. The number of hydrogen-bond acceptors (Lipinski definition) is 2. The van der Waals surface area contributed by atoms with Crippen LogP contribution in [0.3, 0.4) is 0 Å². The molecule has 0 atom stereocenters. The topological polar surface area (TPSA) is 44.1 Å². The minimum absolute atomic E-state index is 0.0936. The predicted octanol–water partition coefficient (Wildman–Crippen LogP) is 1.88. The minimum atomic E-state index is 0.0936. The Morgan fingerprint density at radius 3 is 2.88 bits per heavy atom. The van der Waals surface area contributed by atoms with Crippen LogP contribution in [0.15, 0.2) is 24.3 Å². The molecule has 1 aromatic rings. The number of nitrogens with zero attached hydrogens (tertiary/aromatic N) is 2. The predicted molar refractivity (Wildman–Crippen MR) is 60.4 cm³/mol. The van der Waals surface area contributed by atoms with Gasteiger partial charge in [0.1, 0.15) is 0 Å². The zero-order chi connectivity index (χ0) is 11.4. The van der Waals surface area contributed by atoms with Gasteiger partial charge in [0.15, 0.2) is 0 Å². The highest BCUT2D eigenvalue weighted by molar-refractivity contribution is 5.76. The Balaban J connectivity index is 2.03. The van der Waals surface area contributed by atoms with Crippen LogP contribution in [0.25, 0.3) is 0 Å². The van der Waals surface area contributed by atoms with Gasteiger partial charge in [0.2, 0.25) is 5.91 Å². The molecule has 1 amide bonds. The van der Waals surface area contributed by atoms with Gasteiger partial charge < -0.3 is 4.90 Å². The molecule has 3 heteroatoms. The first-order chi connectivity index (χ1) is 7.81. The number of benzene rings is 1. The summed E-state index contributed by atoms with van der Waals surface area (Å²) in [5.74, 6) is 0.0936. The van der Waals surface area contributed by atoms with Crippen molar-refractivity contribution in [1.82, 2.24) is 4.90 Å². The van der Waals surface area contributed by atoms with Crippen LogP contribution in [0.5, 0.6) is 0 Å². The molecule has 0 bridgehead atoms. The zero-order valence-electron chi connectivity index (χ0n) is 9.15. The normalized spacial score (nSPS) is 14.1. The molecule has 0 aliphatic carbocycles. The van der Waals surface area contributed by atoms with E-state index in [1.54, 1.807) is 0 Å². The summed E-state index contributed by atoms with van der Waals surface area (Å²) in [4.78, 5) is 13.6. The van der Waals surface area contributed by atoms with Crippen molar-refractivity contribution < 1.29 is 4.79 Å². The van der Waals surface area contributed by atoms with Gasteiger partial charge in [-0.2, -0.15) is 5.26 Å². The Labute approximate surface area is 95.3 Å². The third kappa shape index (κ3) is 2.22. The largest absolute Gasteiger partial charge is 0.338 e. The second-order valence-electron chi connectivity index (χ2n) is 3.99. The van der Waals surface area contributed by atoms with Gasteiger partial charge in [-0.15, -0.1) is 0 Å². The number of carbonyl (C=O) groups excluding carboxylic acids is 1. The SMILES string of the molecule is N#CCCC(=O)N1CCc2ccccc2C1. The minimum Gasteiger partial charge on any atom is -0.338 e. The molecule has 0 aromatic heterocycles. The van der Waals surface area contributed by atoms with Gasteiger partial charge in [0, 0.05) is 25.9 Å². The van der Waals surface area contributed by atoms with Crippen LogP contribution in [-0.2, 0) is 17.8 Å². The molecule has 0 fully saturated rings. The van der Waals surface area contributed by atoms with Crippen molar-refractivity contribution in [3.05, 3.63) is 35.4 Å². The fourth-order valence-electron chi connectivity index (χ4n) is 2.03. The van der Waals surface area contributed by atoms with Crippen molar-refractivity contribution in [1.29, 1.82) is 5.26 Å². The second-order valence-corrected chi connectivity index (χ2v) is 3.99. The molecule has 1 aromatic carbocycles. The lowest BCUT2D eigenvalue weighted by Gasteiger charge is -2.28. The van der Waals surface area contributed by atoms with Crippen molar-refractivity contribution in [3.63, 3.8) is 0 Å². The van der Waals surface area contributed by atoms with E-state index in [4.69, 9.17) is 5.26 Å². The van der Waals surface area contributed by atoms with Crippen LogP contribution < -0.4 is 0 Å². The highest BCUT2D eigenvalue weighted by Crippen LogP contribution is 2.19. The van der Waals surface area contributed by atoms with Crippen molar-refractivity contribution >= 4 is 5.91 Å². The van der Waals surface area contributed by atoms with E-state index >= 15 is 0 Å². The molecule has 0 saturated heterocycles. The third-order valence-corrected chi connectivity index (χ3v) is 2.93. The van der Waals surface area contributed by atoms with E-state index in [1.165, 1.54) is 11.1 Å². The van der Waals surface area contributed by atoms with Crippen molar-refractivity contribution in [2.24, 2.45) is 0 Å². The molecule has 82 valence electrons. The maximum absolute atomic E-state index is 11.7. The monoisotopic (exact) mass is 214 g/mol. The van der Waals surface area contributed by atoms with Gasteiger partial charge in [0.05, 0.1) is 6.07 Å². The van der Waals surface area contributed by atoms with Crippen LogP contribution in [0.2, 0.25) is 0 Å². The Morgan fingerprint density at radius 2 is 2.12 bits per heavy atom. The number of nitriles is 1. The number of hydrogen-bond donors (Lipinski definition) is 0. The van der Waals surface area contributed by atoms with Crippen molar-refractivity contribution in [3.8, 4) is 6.07 Å². The Kier molecular flexibility index (Phi) is 3.21. The van der Waals surface area contributed by atoms with E-state index in [9.17, 15) is 4.79 Å². The van der Waals surface area contributed by atoms with Gasteiger partial charge in [-0.05, 0) is 17.5 Å². The van der Waals surface area contributed by atoms with Crippen LogP contribution in [0.1, 0.15) is 24.0 Å². The summed E-state index contributed by atoms with van der Waals surface area (Å²) in [6, 6.07) is 10.2. The maximum atomic E-state index is 11.7. The summed E-state index contributed by atoms with van der Waals surface area (Å²) in [6.45, 7) is 1.47. The van der Waals surface area contributed by atoms with Crippen LogP contribution in [0, 0.1) is 11.3 Å². The molecule has 1 heterocycles. The van der Waals surface area contributed by atoms with E-state index in [0.717, 1.165) is 13.0 Å². The number of amides is 1. The Morgan fingerprint density at radius 1 is 1.38 bits per heavy atom. The molecule has 0 unspecified atom stereocenters. The van der Waals surface area contributed by atoms with Crippen LogP contribution in [-0.4, -0.2) is 17.4 Å². The second kappa shape index (κ2) is 4.80. The van der Waals surface area contributed by atoms with E-state index in [-0.39, 0.29) is 5.91 Å². The highest BCUT2D eigenvalue weighted by atomic mass is 16.2. The van der Waals surface area contributed by atoms with E-state index in [0.29, 0.717) is 19.4 Å². The van der Waals surface area contributed by atoms with Gasteiger partial charge in [-0.25, -0.2) is 0 Å². The van der Waals surface area contributed by atoms with E-state index in [2.05, 4.69) is 12.1 Å². The molecular weight excluding hydrogens is 200 g/mol. The van der Waals surface area contributed by atoms with Crippen LogP contribution in [0.4, 0.5) is 0 Å². The number of fused-ring (bicyclic) bond motifs is 1. The van der Waals surface area contributed by atoms with E-state index < -0.39 is 0 Å². The maximum Gasteiger partial charge on any atom is 0.223 e. The van der Waals surface area contributed by atoms with Gasteiger partial charge in [-0.1, -0.05) is 24.3 Å². The Bertz CT molecular complexity index is 434. The molecule has 1 aliphatic rings. The molecular formula is C13H14N2O. The highest BCUT2D eigenvalue weighted by Gasteiger charge is 2.19. The summed E-state index contributed by atoms with van der Waals surface area (Å²) in [5, 5.41) is 8.45.